The van der Waals surface area contributed by atoms with Gasteiger partial charge in [-0.05, 0) is 26.2 Å². The third kappa shape index (κ3) is 2.46. The predicted octanol–water partition coefficient (Wildman–Crippen LogP) is 1.86. The third-order valence-electron chi connectivity index (χ3n) is 2.97. The molecule has 1 aliphatic rings. The molecule has 0 radical (unpaired) electrons. The summed E-state index contributed by atoms with van der Waals surface area (Å²) in [6.45, 7) is 2.75. The zero-order valence-corrected chi connectivity index (χ0v) is 10.4. The van der Waals surface area contributed by atoms with Crippen LogP contribution < -0.4 is 0 Å². The lowest BCUT2D eigenvalue weighted by Crippen LogP contribution is -2.42. The second-order valence-corrected chi connectivity index (χ2v) is 5.04. The van der Waals surface area contributed by atoms with Gasteiger partial charge in [0.1, 0.15) is 5.69 Å². The number of carbonyl (C=O) groups excluding carboxylic acids is 1. The lowest BCUT2D eigenvalue weighted by atomic mass is 10.0. The van der Waals surface area contributed by atoms with E-state index in [-0.39, 0.29) is 22.7 Å². The van der Waals surface area contributed by atoms with Crippen LogP contribution in [0.5, 0.6) is 0 Å². The molecule has 1 aromatic rings. The van der Waals surface area contributed by atoms with Crippen LogP contribution in [0.1, 0.15) is 46.5 Å². The molecule has 1 fully saturated rings. The fourth-order valence-electron chi connectivity index (χ4n) is 2.02. The molecule has 0 saturated carbocycles. The van der Waals surface area contributed by atoms with Crippen molar-refractivity contribution in [1.82, 2.24) is 9.88 Å². The Bertz CT molecular complexity index is 444. The van der Waals surface area contributed by atoms with Crippen LogP contribution in [-0.2, 0) is 0 Å². The molecule has 1 unspecified atom stereocenters. The van der Waals surface area contributed by atoms with E-state index in [1.807, 2.05) is 6.92 Å². The van der Waals surface area contributed by atoms with Gasteiger partial charge in [0.25, 0.3) is 5.91 Å². The molecular formula is C11H14N2O3S. The molecule has 92 valence electrons. The first kappa shape index (κ1) is 12.0. The molecule has 1 saturated heterocycles. The monoisotopic (exact) mass is 254 g/mol. The molecule has 2 rings (SSSR count). The fourth-order valence-corrected chi connectivity index (χ4v) is 2.65. The Kier molecular flexibility index (Phi) is 3.42. The Hall–Kier alpha value is -1.43. The number of nitrogens with zero attached hydrogens (tertiary/aromatic N) is 2. The molecule has 1 aliphatic heterocycles. The highest BCUT2D eigenvalue weighted by molar-refractivity contribution is 7.11. The van der Waals surface area contributed by atoms with E-state index in [2.05, 4.69) is 4.98 Å². The van der Waals surface area contributed by atoms with Gasteiger partial charge in [-0.25, -0.2) is 9.78 Å². The van der Waals surface area contributed by atoms with Crippen LogP contribution in [-0.4, -0.2) is 39.5 Å². The van der Waals surface area contributed by atoms with Crippen molar-refractivity contribution in [2.24, 2.45) is 0 Å². The molecule has 17 heavy (non-hydrogen) atoms. The summed E-state index contributed by atoms with van der Waals surface area (Å²) in [6, 6.07) is 0.214. The van der Waals surface area contributed by atoms with E-state index in [4.69, 9.17) is 5.11 Å². The number of carboxylic acid groups (broad SMARTS) is 1. The molecule has 6 heteroatoms. The molecule has 2 heterocycles. The number of likely N-dealkylation sites (tertiary alicyclic amines) is 1. The number of rotatable bonds is 2. The summed E-state index contributed by atoms with van der Waals surface area (Å²) in [5.41, 5.74) is 0.251. The number of amides is 1. The highest BCUT2D eigenvalue weighted by Gasteiger charge is 2.26. The second kappa shape index (κ2) is 4.83. The minimum atomic E-state index is -1.08. The average Bonchev–Trinajstić information content (AvgIpc) is 2.78. The number of hydrogen-bond acceptors (Lipinski definition) is 4. The van der Waals surface area contributed by atoms with Crippen LogP contribution in [0.25, 0.3) is 0 Å². The van der Waals surface area contributed by atoms with Crippen molar-refractivity contribution >= 4 is 23.2 Å². The first-order chi connectivity index (χ1) is 8.09. The van der Waals surface area contributed by atoms with Crippen LogP contribution in [0.3, 0.4) is 0 Å². The van der Waals surface area contributed by atoms with Gasteiger partial charge in [0.05, 0.1) is 0 Å². The smallest absolute Gasteiger partial charge is 0.365 e. The maximum atomic E-state index is 12.1. The molecule has 5 nitrogen and oxygen atoms in total. The summed E-state index contributed by atoms with van der Waals surface area (Å²) in [5.74, 6) is -1.23. The van der Waals surface area contributed by atoms with E-state index in [1.54, 1.807) is 4.90 Å². The van der Waals surface area contributed by atoms with Crippen LogP contribution in [0.4, 0.5) is 0 Å². The van der Waals surface area contributed by atoms with Crippen LogP contribution >= 0.6 is 11.3 Å². The van der Waals surface area contributed by atoms with Gasteiger partial charge in [-0.3, -0.25) is 4.79 Å². The summed E-state index contributed by atoms with van der Waals surface area (Å²) in [6.07, 6.45) is 3.15. The van der Waals surface area contributed by atoms with Crippen molar-refractivity contribution in [1.29, 1.82) is 0 Å². The number of thiazole rings is 1. The molecule has 1 amide bonds. The van der Waals surface area contributed by atoms with E-state index < -0.39 is 5.97 Å². The summed E-state index contributed by atoms with van der Waals surface area (Å²) < 4.78 is 0. The topological polar surface area (TPSA) is 70.5 Å². The molecule has 0 aliphatic carbocycles. The van der Waals surface area contributed by atoms with Gasteiger partial charge in [-0.15, -0.1) is 11.3 Å². The van der Waals surface area contributed by atoms with E-state index in [0.717, 1.165) is 37.1 Å². The number of carboxylic acids is 1. The summed E-state index contributed by atoms with van der Waals surface area (Å²) in [5, 5.41) is 10.3. The van der Waals surface area contributed by atoms with Crippen molar-refractivity contribution in [3.63, 3.8) is 0 Å². The summed E-state index contributed by atoms with van der Waals surface area (Å²) >= 11 is 0.993. The van der Waals surface area contributed by atoms with E-state index in [0.29, 0.717) is 0 Å². The van der Waals surface area contributed by atoms with Crippen molar-refractivity contribution in [2.45, 2.75) is 32.2 Å². The predicted molar refractivity (Wildman–Crippen MR) is 63.4 cm³/mol. The molecular weight excluding hydrogens is 240 g/mol. The summed E-state index contributed by atoms with van der Waals surface area (Å²) in [7, 11) is 0. The lowest BCUT2D eigenvalue weighted by Gasteiger charge is -2.32. The molecule has 0 spiro atoms. The zero-order valence-electron chi connectivity index (χ0n) is 9.55. The van der Waals surface area contributed by atoms with E-state index >= 15 is 0 Å². The molecule has 0 aromatic carbocycles. The zero-order chi connectivity index (χ0) is 12.4. The highest BCUT2D eigenvalue weighted by atomic mass is 32.1. The Morgan fingerprint density at radius 1 is 1.53 bits per heavy atom. The quantitative estimate of drug-likeness (QED) is 0.874. The largest absolute Gasteiger partial charge is 0.476 e. The van der Waals surface area contributed by atoms with Gasteiger partial charge in [0.2, 0.25) is 5.01 Å². The number of piperidine rings is 1. The Morgan fingerprint density at radius 3 is 2.88 bits per heavy atom. The molecule has 0 bridgehead atoms. The number of hydrogen-bond donors (Lipinski definition) is 1. The molecule has 1 N–H and O–H groups in total. The minimum Gasteiger partial charge on any atom is -0.476 e. The van der Waals surface area contributed by atoms with Crippen molar-refractivity contribution in [3.8, 4) is 0 Å². The van der Waals surface area contributed by atoms with Gasteiger partial charge in [-0.1, -0.05) is 0 Å². The van der Waals surface area contributed by atoms with Crippen LogP contribution in [0, 0.1) is 0 Å². The van der Waals surface area contributed by atoms with Gasteiger partial charge in [-0.2, -0.15) is 0 Å². The average molecular weight is 254 g/mol. The number of aromatic nitrogens is 1. The van der Waals surface area contributed by atoms with Gasteiger partial charge >= 0.3 is 5.97 Å². The lowest BCUT2D eigenvalue weighted by molar-refractivity contribution is 0.0630. The van der Waals surface area contributed by atoms with Gasteiger partial charge in [0, 0.05) is 18.0 Å². The maximum Gasteiger partial charge on any atom is 0.365 e. The minimum absolute atomic E-state index is 0.0296. The number of carbonyl (C=O) groups is 2. The first-order valence-electron chi connectivity index (χ1n) is 5.59. The third-order valence-corrected chi connectivity index (χ3v) is 3.80. The Morgan fingerprint density at radius 2 is 2.29 bits per heavy atom. The van der Waals surface area contributed by atoms with Gasteiger partial charge in [0.15, 0.2) is 0 Å². The standard InChI is InChI=1S/C11H14N2O3S/c1-7-4-2-3-5-13(7)10(14)8-6-17-9(12-8)11(15)16/h6-7H,2-5H2,1H3,(H,15,16). The first-order valence-corrected chi connectivity index (χ1v) is 6.47. The van der Waals surface area contributed by atoms with Crippen molar-refractivity contribution < 1.29 is 14.7 Å². The van der Waals surface area contributed by atoms with Crippen LogP contribution in [0.2, 0.25) is 0 Å². The summed E-state index contributed by atoms with van der Waals surface area (Å²) in [4.78, 5) is 28.5. The fraction of sp³-hybridized carbons (Fsp3) is 0.545. The van der Waals surface area contributed by atoms with Crippen molar-refractivity contribution in [3.05, 3.63) is 16.1 Å². The van der Waals surface area contributed by atoms with E-state index in [1.165, 1.54) is 5.38 Å². The second-order valence-electron chi connectivity index (χ2n) is 4.19. The van der Waals surface area contributed by atoms with Gasteiger partial charge < -0.3 is 10.0 Å². The van der Waals surface area contributed by atoms with Crippen molar-refractivity contribution in [2.75, 3.05) is 6.54 Å². The Balaban J connectivity index is 2.15. The van der Waals surface area contributed by atoms with E-state index in [9.17, 15) is 9.59 Å². The normalized spacial score (nSPS) is 20.3. The highest BCUT2D eigenvalue weighted by Crippen LogP contribution is 2.20. The molecule has 1 aromatic heterocycles. The molecule has 1 atom stereocenters. The number of aromatic carboxylic acids is 1. The maximum absolute atomic E-state index is 12.1. The SMILES string of the molecule is CC1CCCCN1C(=O)c1csc(C(=O)O)n1. The Labute approximate surface area is 103 Å². The van der Waals surface area contributed by atoms with Crippen LogP contribution in [0.15, 0.2) is 5.38 Å².